The number of carbonyl (C=O) groups is 1. The van der Waals surface area contributed by atoms with Crippen LogP contribution >= 0.6 is 0 Å². The van der Waals surface area contributed by atoms with Crippen molar-refractivity contribution in [1.29, 1.82) is 0 Å². The summed E-state index contributed by atoms with van der Waals surface area (Å²) in [5, 5.41) is 0. The second kappa shape index (κ2) is 7.72. The van der Waals surface area contributed by atoms with E-state index in [1.165, 1.54) is 0 Å². The van der Waals surface area contributed by atoms with E-state index in [2.05, 4.69) is 5.92 Å². The van der Waals surface area contributed by atoms with E-state index in [0.717, 1.165) is 31.5 Å². The summed E-state index contributed by atoms with van der Waals surface area (Å²) in [5.41, 5.74) is 1.08. The third-order valence-corrected chi connectivity index (χ3v) is 3.70. The number of carbonyl (C=O) groups excluding carboxylic acids is 1. The summed E-state index contributed by atoms with van der Waals surface area (Å²) >= 11 is 0. The van der Waals surface area contributed by atoms with Gasteiger partial charge in [0.05, 0.1) is 13.0 Å². The maximum atomic E-state index is 12.2. The lowest BCUT2D eigenvalue weighted by Crippen LogP contribution is -2.40. The van der Waals surface area contributed by atoms with Gasteiger partial charge in [0.1, 0.15) is 6.61 Å². The Balaban J connectivity index is 1.73. The lowest BCUT2D eigenvalue weighted by atomic mass is 9.97. The predicted molar refractivity (Wildman–Crippen MR) is 79.1 cm³/mol. The molecule has 1 saturated heterocycles. The molecule has 0 aromatic heterocycles. The van der Waals surface area contributed by atoms with Crippen molar-refractivity contribution in [3.8, 4) is 12.3 Å². The molecule has 0 radical (unpaired) electrons. The van der Waals surface area contributed by atoms with Crippen LogP contribution in [-0.4, -0.2) is 37.1 Å². The Bertz CT molecular complexity index is 456. The normalized spacial score (nSPS) is 15.8. The van der Waals surface area contributed by atoms with Crippen molar-refractivity contribution >= 4 is 5.91 Å². The molecule has 0 atom stereocenters. The maximum Gasteiger partial charge on any atom is 0.226 e. The van der Waals surface area contributed by atoms with Crippen molar-refractivity contribution in [2.24, 2.45) is 5.92 Å². The van der Waals surface area contributed by atoms with Gasteiger partial charge in [-0.2, -0.15) is 0 Å². The van der Waals surface area contributed by atoms with E-state index in [4.69, 9.17) is 11.2 Å². The molecule has 1 aromatic carbocycles. The van der Waals surface area contributed by atoms with Crippen molar-refractivity contribution in [3.05, 3.63) is 35.9 Å². The van der Waals surface area contributed by atoms with E-state index in [1.54, 1.807) is 0 Å². The number of rotatable bonds is 5. The van der Waals surface area contributed by atoms with Gasteiger partial charge in [-0.15, -0.1) is 6.42 Å². The zero-order valence-corrected chi connectivity index (χ0v) is 11.8. The summed E-state index contributed by atoms with van der Waals surface area (Å²) in [7, 11) is 0. The highest BCUT2D eigenvalue weighted by Crippen LogP contribution is 2.18. The van der Waals surface area contributed by atoms with Crippen LogP contribution < -0.4 is 0 Å². The Morgan fingerprint density at radius 2 is 2.00 bits per heavy atom. The fourth-order valence-corrected chi connectivity index (χ4v) is 2.52. The van der Waals surface area contributed by atoms with Gasteiger partial charge in [0.25, 0.3) is 0 Å². The summed E-state index contributed by atoms with van der Waals surface area (Å²) in [4.78, 5) is 14.2. The Labute approximate surface area is 120 Å². The lowest BCUT2D eigenvalue weighted by molar-refractivity contribution is -0.132. The summed E-state index contributed by atoms with van der Waals surface area (Å²) < 4.78 is 5.37. The summed E-state index contributed by atoms with van der Waals surface area (Å²) in [6.45, 7) is 2.75. The molecule has 0 saturated carbocycles. The Morgan fingerprint density at radius 1 is 1.30 bits per heavy atom. The van der Waals surface area contributed by atoms with Gasteiger partial charge in [-0.1, -0.05) is 36.3 Å². The van der Waals surface area contributed by atoms with Crippen LogP contribution in [0.5, 0.6) is 0 Å². The fraction of sp³-hybridized carbons (Fsp3) is 0.471. The van der Waals surface area contributed by atoms with Crippen molar-refractivity contribution in [3.63, 3.8) is 0 Å². The number of hydrogen-bond donors (Lipinski definition) is 0. The van der Waals surface area contributed by atoms with Gasteiger partial charge in [0.2, 0.25) is 5.91 Å². The molecule has 1 aromatic rings. The standard InChI is InChI=1S/C17H21NO2/c1-2-12-20-14-16-8-10-18(11-9-16)17(19)13-15-6-4-3-5-7-15/h1,3-7,16H,8-14H2. The van der Waals surface area contributed by atoms with Gasteiger partial charge in [-0.3, -0.25) is 4.79 Å². The number of amides is 1. The summed E-state index contributed by atoms with van der Waals surface area (Å²) in [6.07, 6.45) is 7.66. The summed E-state index contributed by atoms with van der Waals surface area (Å²) in [6, 6.07) is 9.90. The van der Waals surface area contributed by atoms with Crippen LogP contribution in [0.25, 0.3) is 0 Å². The SMILES string of the molecule is C#CCOCC1CCN(C(=O)Cc2ccccc2)CC1. The molecule has 1 aliphatic rings. The first-order valence-electron chi connectivity index (χ1n) is 7.12. The van der Waals surface area contributed by atoms with Gasteiger partial charge < -0.3 is 9.64 Å². The molecular formula is C17H21NO2. The molecule has 0 unspecified atom stereocenters. The number of benzene rings is 1. The first kappa shape index (κ1) is 14.6. The minimum absolute atomic E-state index is 0.221. The Hall–Kier alpha value is -1.79. The number of likely N-dealkylation sites (tertiary alicyclic amines) is 1. The first-order chi connectivity index (χ1) is 9.79. The lowest BCUT2D eigenvalue weighted by Gasteiger charge is -2.31. The van der Waals surface area contributed by atoms with E-state index < -0.39 is 0 Å². The van der Waals surface area contributed by atoms with Crippen LogP contribution in [-0.2, 0) is 16.0 Å². The van der Waals surface area contributed by atoms with Crippen LogP contribution in [0.2, 0.25) is 0 Å². The highest BCUT2D eigenvalue weighted by atomic mass is 16.5. The molecule has 1 fully saturated rings. The van der Waals surface area contributed by atoms with E-state index in [1.807, 2.05) is 35.2 Å². The largest absolute Gasteiger partial charge is 0.369 e. The average molecular weight is 271 g/mol. The molecule has 106 valence electrons. The van der Waals surface area contributed by atoms with Gasteiger partial charge >= 0.3 is 0 Å². The minimum atomic E-state index is 0.221. The van der Waals surface area contributed by atoms with Crippen LogP contribution in [0, 0.1) is 18.3 Å². The minimum Gasteiger partial charge on any atom is -0.369 e. The molecule has 0 aliphatic carbocycles. The van der Waals surface area contributed by atoms with Crippen LogP contribution in [0.15, 0.2) is 30.3 Å². The highest BCUT2D eigenvalue weighted by Gasteiger charge is 2.22. The van der Waals surface area contributed by atoms with Crippen LogP contribution in [0.1, 0.15) is 18.4 Å². The Morgan fingerprint density at radius 3 is 2.65 bits per heavy atom. The average Bonchev–Trinajstić information content (AvgIpc) is 2.49. The van der Waals surface area contributed by atoms with E-state index in [-0.39, 0.29) is 5.91 Å². The van der Waals surface area contributed by atoms with Crippen molar-refractivity contribution < 1.29 is 9.53 Å². The zero-order chi connectivity index (χ0) is 14.2. The van der Waals surface area contributed by atoms with Crippen molar-refractivity contribution in [2.45, 2.75) is 19.3 Å². The second-order valence-corrected chi connectivity index (χ2v) is 5.21. The molecule has 0 bridgehead atoms. The highest BCUT2D eigenvalue weighted by molar-refractivity contribution is 5.78. The van der Waals surface area contributed by atoms with Crippen molar-refractivity contribution in [2.75, 3.05) is 26.3 Å². The van der Waals surface area contributed by atoms with Gasteiger partial charge in [-0.05, 0) is 24.3 Å². The second-order valence-electron chi connectivity index (χ2n) is 5.21. The number of terminal acetylenes is 1. The van der Waals surface area contributed by atoms with Gasteiger partial charge in [0, 0.05) is 13.1 Å². The molecule has 0 spiro atoms. The van der Waals surface area contributed by atoms with Crippen molar-refractivity contribution in [1.82, 2.24) is 4.90 Å². The van der Waals surface area contributed by atoms with Crippen LogP contribution in [0.4, 0.5) is 0 Å². The predicted octanol–water partition coefficient (Wildman–Crippen LogP) is 2.12. The number of piperidine rings is 1. The topological polar surface area (TPSA) is 29.5 Å². The molecule has 1 heterocycles. The quantitative estimate of drug-likeness (QED) is 0.606. The number of hydrogen-bond acceptors (Lipinski definition) is 2. The zero-order valence-electron chi connectivity index (χ0n) is 11.8. The van der Waals surface area contributed by atoms with E-state index in [0.29, 0.717) is 25.6 Å². The molecular weight excluding hydrogens is 250 g/mol. The summed E-state index contributed by atoms with van der Waals surface area (Å²) in [5.74, 6) is 3.23. The Kier molecular flexibility index (Phi) is 5.64. The van der Waals surface area contributed by atoms with E-state index >= 15 is 0 Å². The van der Waals surface area contributed by atoms with Gasteiger partial charge in [0.15, 0.2) is 0 Å². The third kappa shape index (κ3) is 4.40. The van der Waals surface area contributed by atoms with Gasteiger partial charge in [-0.25, -0.2) is 0 Å². The molecule has 2 rings (SSSR count). The molecule has 1 amide bonds. The maximum absolute atomic E-state index is 12.2. The van der Waals surface area contributed by atoms with E-state index in [9.17, 15) is 4.79 Å². The molecule has 0 N–H and O–H groups in total. The third-order valence-electron chi connectivity index (χ3n) is 3.70. The smallest absolute Gasteiger partial charge is 0.226 e. The number of ether oxygens (including phenoxy) is 1. The molecule has 3 nitrogen and oxygen atoms in total. The fourth-order valence-electron chi connectivity index (χ4n) is 2.52. The van der Waals surface area contributed by atoms with Crippen LogP contribution in [0.3, 0.4) is 0 Å². The molecule has 3 heteroatoms. The molecule has 20 heavy (non-hydrogen) atoms. The monoisotopic (exact) mass is 271 g/mol. The first-order valence-corrected chi connectivity index (χ1v) is 7.12. The number of nitrogens with zero attached hydrogens (tertiary/aromatic N) is 1. The molecule has 1 aliphatic heterocycles.